The first-order chi connectivity index (χ1) is 15.7. The smallest absolute Gasteiger partial charge is 0.0713 e. The van der Waals surface area contributed by atoms with Crippen molar-refractivity contribution in [1.82, 2.24) is 0 Å². The van der Waals surface area contributed by atoms with E-state index in [1.807, 2.05) is 0 Å². The molecule has 0 aromatic heterocycles. The van der Waals surface area contributed by atoms with Crippen LogP contribution in [0.15, 0.2) is 97.1 Å². The van der Waals surface area contributed by atoms with E-state index in [4.69, 9.17) is 9.47 Å². The number of hydrogen-bond donors (Lipinski definition) is 0. The average molecular weight is 424 g/mol. The molecule has 3 nitrogen and oxygen atoms in total. The second kappa shape index (κ2) is 10.3. The van der Waals surface area contributed by atoms with E-state index in [9.17, 15) is 0 Å². The minimum atomic E-state index is 0.608. The summed E-state index contributed by atoms with van der Waals surface area (Å²) in [6.07, 6.45) is 0. The van der Waals surface area contributed by atoms with Gasteiger partial charge < -0.3 is 14.4 Å². The van der Waals surface area contributed by atoms with Crippen molar-refractivity contribution >= 4 is 17.1 Å². The molecule has 0 saturated carbocycles. The minimum absolute atomic E-state index is 0.608. The van der Waals surface area contributed by atoms with Crippen LogP contribution in [0.2, 0.25) is 0 Å². The van der Waals surface area contributed by atoms with Gasteiger partial charge in [0.2, 0.25) is 0 Å². The Kier molecular flexibility index (Phi) is 7.00. The Morgan fingerprint density at radius 2 is 0.844 bits per heavy atom. The zero-order valence-electron chi connectivity index (χ0n) is 18.9. The molecule has 0 N–H and O–H groups in total. The van der Waals surface area contributed by atoms with Gasteiger partial charge >= 0.3 is 0 Å². The van der Waals surface area contributed by atoms with Gasteiger partial charge in [-0.15, -0.1) is 0 Å². The lowest BCUT2D eigenvalue weighted by molar-refractivity contribution is 0.185. The molecule has 0 aliphatic carbocycles. The van der Waals surface area contributed by atoms with Gasteiger partial charge in [0.25, 0.3) is 0 Å². The van der Waals surface area contributed by atoms with Crippen LogP contribution in [0, 0.1) is 6.92 Å². The molecule has 0 saturated heterocycles. The lowest BCUT2D eigenvalue weighted by Gasteiger charge is -2.26. The first kappa shape index (κ1) is 21.8. The molecule has 0 fully saturated rings. The topological polar surface area (TPSA) is 21.7 Å². The van der Waals surface area contributed by atoms with Gasteiger partial charge in [-0.25, -0.2) is 0 Å². The highest BCUT2D eigenvalue weighted by Crippen LogP contribution is 2.36. The molecule has 0 radical (unpaired) electrons. The third kappa shape index (κ3) is 5.08. The summed E-state index contributed by atoms with van der Waals surface area (Å²) in [6.45, 7) is 3.33. The van der Waals surface area contributed by atoms with Crippen LogP contribution in [0.1, 0.15) is 16.7 Å². The molecule has 4 rings (SSSR count). The van der Waals surface area contributed by atoms with Gasteiger partial charge in [0.1, 0.15) is 0 Å². The van der Waals surface area contributed by atoms with Crippen LogP contribution in [0.3, 0.4) is 0 Å². The van der Waals surface area contributed by atoms with Crippen LogP contribution in [-0.2, 0) is 22.7 Å². The molecular weight excluding hydrogens is 394 g/mol. The highest BCUT2D eigenvalue weighted by molar-refractivity contribution is 5.78. The van der Waals surface area contributed by atoms with Crippen molar-refractivity contribution in [3.63, 3.8) is 0 Å². The number of benzene rings is 4. The highest BCUT2D eigenvalue weighted by Gasteiger charge is 2.13. The molecule has 162 valence electrons. The molecule has 4 aromatic rings. The Labute approximate surface area is 190 Å². The summed E-state index contributed by atoms with van der Waals surface area (Å²) in [5.74, 6) is 0. The van der Waals surface area contributed by atoms with Gasteiger partial charge in [-0.05, 0) is 65.6 Å². The molecule has 3 heteroatoms. The fourth-order valence-electron chi connectivity index (χ4n) is 3.81. The van der Waals surface area contributed by atoms with Crippen molar-refractivity contribution in [2.24, 2.45) is 0 Å². The standard InChI is InChI=1S/C29H29NO2/c1-22-4-10-25(11-5-22)26-12-18-29(19-13-26)30(27-14-6-23(7-15-27)20-31-2)28-16-8-24(9-17-28)21-32-3/h4-19H,20-21H2,1-3H3. The third-order valence-electron chi connectivity index (χ3n) is 5.52. The van der Waals surface area contributed by atoms with E-state index in [1.54, 1.807) is 14.2 Å². The zero-order chi connectivity index (χ0) is 22.3. The second-order valence-electron chi connectivity index (χ2n) is 7.95. The number of methoxy groups -OCH3 is 2. The zero-order valence-corrected chi connectivity index (χ0v) is 18.9. The van der Waals surface area contributed by atoms with Crippen LogP contribution >= 0.6 is 0 Å². The molecule has 0 bridgehead atoms. The van der Waals surface area contributed by atoms with E-state index in [0.29, 0.717) is 13.2 Å². The van der Waals surface area contributed by atoms with E-state index in [-0.39, 0.29) is 0 Å². The van der Waals surface area contributed by atoms with Crippen molar-refractivity contribution in [3.8, 4) is 11.1 Å². The summed E-state index contributed by atoms with van der Waals surface area (Å²) in [5.41, 5.74) is 9.33. The highest BCUT2D eigenvalue weighted by atomic mass is 16.5. The Balaban J connectivity index is 1.70. The molecule has 32 heavy (non-hydrogen) atoms. The van der Waals surface area contributed by atoms with Crippen LogP contribution < -0.4 is 4.90 Å². The number of anilines is 3. The summed E-state index contributed by atoms with van der Waals surface area (Å²) in [7, 11) is 3.44. The predicted octanol–water partition coefficient (Wildman–Crippen LogP) is 7.42. The van der Waals surface area contributed by atoms with Crippen LogP contribution in [-0.4, -0.2) is 14.2 Å². The fourth-order valence-corrected chi connectivity index (χ4v) is 3.81. The van der Waals surface area contributed by atoms with E-state index in [2.05, 4.69) is 109 Å². The Hall–Kier alpha value is -3.40. The summed E-state index contributed by atoms with van der Waals surface area (Å²) in [4.78, 5) is 2.27. The number of nitrogens with zero attached hydrogens (tertiary/aromatic N) is 1. The first-order valence-electron chi connectivity index (χ1n) is 10.8. The maximum Gasteiger partial charge on any atom is 0.0713 e. The lowest BCUT2D eigenvalue weighted by atomic mass is 10.0. The second-order valence-corrected chi connectivity index (χ2v) is 7.95. The SMILES string of the molecule is COCc1ccc(N(c2ccc(COC)cc2)c2ccc(-c3ccc(C)cc3)cc2)cc1. The predicted molar refractivity (Wildman–Crippen MR) is 133 cm³/mol. The molecule has 0 heterocycles. The Morgan fingerprint density at radius 3 is 1.22 bits per heavy atom. The van der Waals surface area contributed by atoms with E-state index >= 15 is 0 Å². The van der Waals surface area contributed by atoms with Crippen molar-refractivity contribution in [2.75, 3.05) is 19.1 Å². The molecular formula is C29H29NO2. The van der Waals surface area contributed by atoms with Gasteiger partial charge in [-0.3, -0.25) is 0 Å². The maximum absolute atomic E-state index is 5.27. The van der Waals surface area contributed by atoms with Gasteiger partial charge in [0.15, 0.2) is 0 Å². The molecule has 0 spiro atoms. The summed E-state index contributed by atoms with van der Waals surface area (Å²) in [6, 6.07) is 34.4. The maximum atomic E-state index is 5.27. The van der Waals surface area contributed by atoms with Gasteiger partial charge in [0, 0.05) is 31.3 Å². The summed E-state index contributed by atoms with van der Waals surface area (Å²) < 4.78 is 10.5. The molecule has 0 atom stereocenters. The summed E-state index contributed by atoms with van der Waals surface area (Å²) in [5, 5.41) is 0. The van der Waals surface area contributed by atoms with Gasteiger partial charge in [-0.2, -0.15) is 0 Å². The van der Waals surface area contributed by atoms with E-state index < -0.39 is 0 Å². The van der Waals surface area contributed by atoms with Crippen molar-refractivity contribution in [1.29, 1.82) is 0 Å². The lowest BCUT2D eigenvalue weighted by Crippen LogP contribution is -2.10. The van der Waals surface area contributed by atoms with Crippen molar-refractivity contribution in [3.05, 3.63) is 114 Å². The van der Waals surface area contributed by atoms with E-state index in [0.717, 1.165) is 28.2 Å². The number of rotatable bonds is 8. The molecule has 0 amide bonds. The number of ether oxygens (including phenoxy) is 2. The van der Waals surface area contributed by atoms with Crippen LogP contribution in [0.4, 0.5) is 17.1 Å². The van der Waals surface area contributed by atoms with Crippen molar-refractivity contribution in [2.45, 2.75) is 20.1 Å². The largest absolute Gasteiger partial charge is 0.380 e. The van der Waals surface area contributed by atoms with Crippen LogP contribution in [0.25, 0.3) is 11.1 Å². The normalized spacial score (nSPS) is 10.8. The van der Waals surface area contributed by atoms with Crippen LogP contribution in [0.5, 0.6) is 0 Å². The summed E-state index contributed by atoms with van der Waals surface area (Å²) >= 11 is 0. The van der Waals surface area contributed by atoms with Gasteiger partial charge in [-0.1, -0.05) is 66.2 Å². The molecule has 0 aliphatic heterocycles. The minimum Gasteiger partial charge on any atom is -0.380 e. The number of hydrogen-bond acceptors (Lipinski definition) is 3. The van der Waals surface area contributed by atoms with E-state index in [1.165, 1.54) is 16.7 Å². The monoisotopic (exact) mass is 423 g/mol. The molecule has 0 aliphatic rings. The molecule has 4 aromatic carbocycles. The van der Waals surface area contributed by atoms with Gasteiger partial charge in [0.05, 0.1) is 13.2 Å². The Bertz CT molecular complexity index is 1070. The van der Waals surface area contributed by atoms with Crippen molar-refractivity contribution < 1.29 is 9.47 Å². The first-order valence-corrected chi connectivity index (χ1v) is 10.8. The number of aryl methyl sites for hydroxylation is 1. The quantitative estimate of drug-likeness (QED) is 0.294. The fraction of sp³-hybridized carbons (Fsp3) is 0.172. The average Bonchev–Trinajstić information content (AvgIpc) is 2.83. The molecule has 0 unspecified atom stereocenters. The third-order valence-corrected chi connectivity index (χ3v) is 5.52. The Morgan fingerprint density at radius 1 is 0.500 bits per heavy atom.